The van der Waals surface area contributed by atoms with Crippen molar-refractivity contribution in [2.24, 2.45) is 4.99 Å². The monoisotopic (exact) mass is 1120 g/mol. The van der Waals surface area contributed by atoms with Gasteiger partial charge < -0.3 is 38.7 Å². The molecule has 5 heterocycles. The van der Waals surface area contributed by atoms with Crippen LogP contribution in [0.1, 0.15) is 122 Å². The number of carbonyl (C=O) groups is 5. The molecule has 0 radical (unpaired) electrons. The number of aliphatic imine (C=N–C) groups is 1. The molecule has 0 saturated carbocycles. The van der Waals surface area contributed by atoms with Gasteiger partial charge in [0.1, 0.15) is 13.2 Å². The molecule has 17 nitrogen and oxygen atoms in total. The van der Waals surface area contributed by atoms with E-state index >= 15 is 0 Å². The van der Waals surface area contributed by atoms with Crippen LogP contribution in [0.2, 0.25) is 0 Å². The number of thioether (sulfide) groups is 1. The minimum atomic E-state index is -0.640. The number of nitrogens with one attached hydrogen (secondary N) is 1. The summed E-state index contributed by atoms with van der Waals surface area (Å²) in [4.78, 5) is 81.1. The Kier molecular flexibility index (Phi) is 16.3. The van der Waals surface area contributed by atoms with Gasteiger partial charge in [0.15, 0.2) is 23.0 Å². The number of amides is 4. The molecule has 18 heteroatoms. The molecule has 1 unspecified atom stereocenters. The summed E-state index contributed by atoms with van der Waals surface area (Å²) in [5, 5.41) is 4.13. The van der Waals surface area contributed by atoms with Crippen LogP contribution in [-0.4, -0.2) is 114 Å². The predicted octanol–water partition coefficient (Wildman–Crippen LogP) is 10.4. The Hall–Kier alpha value is -7.41. The van der Waals surface area contributed by atoms with E-state index in [9.17, 15) is 24.0 Å². The first kappa shape index (κ1) is 56.8. The molecule has 1 saturated heterocycles. The highest BCUT2D eigenvalue weighted by molar-refractivity contribution is 8.01. The first-order chi connectivity index (χ1) is 38.8. The summed E-state index contributed by atoms with van der Waals surface area (Å²) >= 11 is 1.41. The van der Waals surface area contributed by atoms with Gasteiger partial charge >= 0.3 is 5.97 Å². The molecule has 1 fully saturated rings. The zero-order valence-electron chi connectivity index (χ0n) is 47.7. The standard InChI is InChI=1S/C63H72N6O11S/c1-10-63(6,38-62(4,5)81-37-58(72)80-69-56(70)19-20-57(69)71)79-22-21-61(2,3)66(7)34-39-23-40(35-77-54-30-48-46(28-52(54)75-8)59(73)67-44(32-64-48)26-42-15-11-13-17-50(42)67)25-41(24-39)36-78-55-31-49-47(29-53(55)76-9)60(74)68-45(33-65-49)27-43-16-12-14-18-51(43)68/h11-18,23-25,28-32,44-45,65H,10,19-22,26-27,33-38H2,1-9H3/t44-,45-,63?/m0/s1. The summed E-state index contributed by atoms with van der Waals surface area (Å²) in [6.45, 7) is 14.7. The number of para-hydroxylation sites is 2. The lowest BCUT2D eigenvalue weighted by Gasteiger charge is -2.39. The van der Waals surface area contributed by atoms with Crippen LogP contribution in [0.3, 0.4) is 0 Å². The molecular formula is C63H72N6O11S. The molecule has 1 N–H and O–H groups in total. The molecule has 4 amide bonds. The van der Waals surface area contributed by atoms with Crippen LogP contribution in [0, 0.1) is 0 Å². The molecule has 10 rings (SSSR count). The van der Waals surface area contributed by atoms with E-state index in [0.717, 1.165) is 52.0 Å². The summed E-state index contributed by atoms with van der Waals surface area (Å²) in [7, 11) is 5.24. The molecule has 5 aromatic rings. The highest BCUT2D eigenvalue weighted by atomic mass is 32.2. The third-order valence-corrected chi connectivity index (χ3v) is 17.6. The molecule has 426 valence electrons. The minimum Gasteiger partial charge on any atom is -0.493 e. The van der Waals surface area contributed by atoms with E-state index in [1.54, 1.807) is 32.4 Å². The molecule has 81 heavy (non-hydrogen) atoms. The Morgan fingerprint density at radius 1 is 0.741 bits per heavy atom. The average Bonchev–Trinajstić information content (AvgIpc) is 4.29. The van der Waals surface area contributed by atoms with Crippen molar-refractivity contribution in [2.75, 3.05) is 55.3 Å². The molecule has 0 aliphatic carbocycles. The minimum absolute atomic E-state index is 0.0188. The number of rotatable bonds is 22. The van der Waals surface area contributed by atoms with Crippen LogP contribution in [0.5, 0.6) is 23.0 Å². The fourth-order valence-corrected chi connectivity index (χ4v) is 12.5. The topological polar surface area (TPSA) is 178 Å². The largest absolute Gasteiger partial charge is 0.493 e. The lowest BCUT2D eigenvalue weighted by Crippen LogP contribution is -2.43. The molecule has 5 aliphatic rings. The van der Waals surface area contributed by atoms with Crippen molar-refractivity contribution in [2.45, 2.75) is 134 Å². The number of nitrogens with zero attached hydrogens (tertiary/aromatic N) is 5. The van der Waals surface area contributed by atoms with Gasteiger partial charge in [0.05, 0.1) is 60.2 Å². The first-order valence-corrected chi connectivity index (χ1v) is 28.7. The van der Waals surface area contributed by atoms with Crippen LogP contribution < -0.4 is 34.1 Å². The van der Waals surface area contributed by atoms with Crippen LogP contribution in [0.4, 0.5) is 22.7 Å². The maximum atomic E-state index is 14.2. The summed E-state index contributed by atoms with van der Waals surface area (Å²) in [6.07, 6.45) is 5.48. The van der Waals surface area contributed by atoms with E-state index in [-0.39, 0.29) is 66.0 Å². The first-order valence-electron chi connectivity index (χ1n) is 27.7. The number of fused-ring (bicyclic) bond motifs is 8. The number of hydrogen-bond donors (Lipinski definition) is 1. The van der Waals surface area contributed by atoms with Crippen molar-refractivity contribution in [3.05, 3.63) is 130 Å². The predicted molar refractivity (Wildman–Crippen MR) is 312 cm³/mol. The number of ether oxygens (including phenoxy) is 5. The van der Waals surface area contributed by atoms with E-state index in [0.29, 0.717) is 89.5 Å². The second-order valence-electron chi connectivity index (χ2n) is 23.0. The zero-order chi connectivity index (χ0) is 57.4. The van der Waals surface area contributed by atoms with Crippen LogP contribution >= 0.6 is 11.8 Å². The molecule has 5 aromatic carbocycles. The van der Waals surface area contributed by atoms with Crippen molar-refractivity contribution in [1.29, 1.82) is 0 Å². The third kappa shape index (κ3) is 12.1. The maximum Gasteiger partial charge on any atom is 0.343 e. The fraction of sp³-hybridized carbons (Fsp3) is 0.429. The smallest absolute Gasteiger partial charge is 0.343 e. The van der Waals surface area contributed by atoms with Crippen molar-refractivity contribution in [3.63, 3.8) is 0 Å². The molecule has 0 aromatic heterocycles. The van der Waals surface area contributed by atoms with Gasteiger partial charge in [-0.05, 0) is 112 Å². The van der Waals surface area contributed by atoms with Crippen molar-refractivity contribution in [1.82, 2.24) is 9.96 Å². The quantitative estimate of drug-likeness (QED) is 0.0647. The third-order valence-electron chi connectivity index (χ3n) is 16.3. The number of hydrogen-bond acceptors (Lipinski definition) is 15. The Morgan fingerprint density at radius 3 is 1.99 bits per heavy atom. The highest BCUT2D eigenvalue weighted by Crippen LogP contribution is 2.44. The van der Waals surface area contributed by atoms with Gasteiger partial charge in [0.2, 0.25) is 0 Å². The Labute approximate surface area is 478 Å². The van der Waals surface area contributed by atoms with Crippen molar-refractivity contribution in [3.8, 4) is 23.0 Å². The molecule has 0 bridgehead atoms. The van der Waals surface area contributed by atoms with Gasteiger partial charge in [-0.1, -0.05) is 69.3 Å². The Morgan fingerprint density at radius 2 is 1.33 bits per heavy atom. The lowest BCUT2D eigenvalue weighted by molar-refractivity contribution is -0.195. The summed E-state index contributed by atoms with van der Waals surface area (Å²) in [5.41, 5.74) is 8.17. The fourth-order valence-electron chi connectivity index (χ4n) is 11.5. The van der Waals surface area contributed by atoms with E-state index in [2.05, 4.69) is 83.1 Å². The zero-order valence-corrected chi connectivity index (χ0v) is 48.5. The number of hydroxylamine groups is 2. The maximum absolute atomic E-state index is 14.2. The van der Waals surface area contributed by atoms with Crippen LogP contribution in [0.25, 0.3) is 0 Å². The summed E-state index contributed by atoms with van der Waals surface area (Å²) in [5.74, 6) is -0.105. The second-order valence-corrected chi connectivity index (χ2v) is 24.7. The van der Waals surface area contributed by atoms with Crippen molar-refractivity contribution >= 4 is 70.3 Å². The number of benzene rings is 5. The van der Waals surface area contributed by atoms with Crippen molar-refractivity contribution < 1.29 is 52.5 Å². The van der Waals surface area contributed by atoms with Crippen LogP contribution in [-0.2, 0) is 56.6 Å². The lowest BCUT2D eigenvalue weighted by atomic mass is 9.90. The number of methoxy groups -OCH3 is 2. The van der Waals surface area contributed by atoms with E-state index in [1.165, 1.54) is 11.8 Å². The number of anilines is 3. The number of carbonyl (C=O) groups excluding carboxylic acids is 5. The normalized spacial score (nSPS) is 18.0. The van der Waals surface area contributed by atoms with Gasteiger partial charge in [0.25, 0.3) is 23.6 Å². The average molecular weight is 1120 g/mol. The molecule has 3 atom stereocenters. The summed E-state index contributed by atoms with van der Waals surface area (Å²) in [6, 6.07) is 29.2. The van der Waals surface area contributed by atoms with Crippen LogP contribution in [0.15, 0.2) is 96.0 Å². The van der Waals surface area contributed by atoms with Gasteiger partial charge in [-0.15, -0.1) is 16.8 Å². The van der Waals surface area contributed by atoms with Gasteiger partial charge in [-0.2, -0.15) is 0 Å². The molecular weight excluding hydrogens is 1050 g/mol. The van der Waals surface area contributed by atoms with E-state index in [1.807, 2.05) is 64.5 Å². The summed E-state index contributed by atoms with van der Waals surface area (Å²) < 4.78 is 31.3. The van der Waals surface area contributed by atoms with E-state index < -0.39 is 23.4 Å². The number of imide groups is 1. The Balaban J connectivity index is 0.852. The highest BCUT2D eigenvalue weighted by Gasteiger charge is 2.40. The van der Waals surface area contributed by atoms with E-state index in [4.69, 9.17) is 33.5 Å². The van der Waals surface area contributed by atoms with Gasteiger partial charge in [0, 0.05) is 79.0 Å². The molecule has 0 spiro atoms. The van der Waals surface area contributed by atoms with Gasteiger partial charge in [-0.3, -0.25) is 34.0 Å². The second kappa shape index (κ2) is 23.2. The SMILES string of the molecule is CCC(C)(CC(C)(C)SCC(=O)ON1C(=O)CCC1=O)OCCC(C)(C)N(C)Cc1cc(COc2cc3c(cc2OC)C(=O)N2c4ccccc4C[C@H]2C=N3)cc(COc2cc3c(cc2OC)C(=O)N2c4ccccc4C[C@H]2CN3)c1. The van der Waals surface area contributed by atoms with Gasteiger partial charge in [-0.25, -0.2) is 4.79 Å². The Bertz CT molecular complexity index is 3290. The molecule has 5 aliphatic heterocycles.